The third-order valence-corrected chi connectivity index (χ3v) is 4.14. The second-order valence-corrected chi connectivity index (χ2v) is 6.00. The maximum absolute atomic E-state index is 4.05. The molecular weight excluding hydrogens is 234 g/mol. The van der Waals surface area contributed by atoms with E-state index < -0.39 is 0 Å². The van der Waals surface area contributed by atoms with E-state index in [-0.39, 0.29) is 0 Å². The molecule has 0 bridgehead atoms. The van der Waals surface area contributed by atoms with Gasteiger partial charge in [0.2, 0.25) is 0 Å². The van der Waals surface area contributed by atoms with Crippen LogP contribution in [0.3, 0.4) is 0 Å². The summed E-state index contributed by atoms with van der Waals surface area (Å²) in [5.41, 5.74) is 1.34. The van der Waals surface area contributed by atoms with Crippen LogP contribution >= 0.6 is 0 Å². The second-order valence-electron chi connectivity index (χ2n) is 6.00. The zero-order chi connectivity index (χ0) is 13.5. The lowest BCUT2D eigenvalue weighted by atomic mass is 9.87. The summed E-state index contributed by atoms with van der Waals surface area (Å²) in [7, 11) is 2.19. The number of rotatable bonds is 6. The molecule has 19 heavy (non-hydrogen) atoms. The van der Waals surface area contributed by atoms with Crippen LogP contribution < -0.4 is 5.32 Å². The van der Waals surface area contributed by atoms with Crippen molar-refractivity contribution in [2.45, 2.75) is 45.2 Å². The molecule has 3 heteroatoms. The lowest BCUT2D eigenvalue weighted by Gasteiger charge is -2.28. The van der Waals surface area contributed by atoms with Gasteiger partial charge in [-0.05, 0) is 56.3 Å². The number of likely N-dealkylation sites (N-methyl/N-ethyl adjacent to an activating group) is 1. The minimum absolute atomic E-state index is 0.755. The standard InChI is InChI=1S/C16H27N3/c1-14-3-5-16(6-4-14)18-11-12-19(2)13-15-7-9-17-10-8-15/h7-10,14,16,18H,3-6,11-13H2,1-2H3. The van der Waals surface area contributed by atoms with Gasteiger partial charge in [0.05, 0.1) is 0 Å². The molecule has 1 aromatic heterocycles. The van der Waals surface area contributed by atoms with Gasteiger partial charge in [0, 0.05) is 38.1 Å². The zero-order valence-electron chi connectivity index (χ0n) is 12.3. The average molecular weight is 261 g/mol. The Morgan fingerprint density at radius 1 is 1.21 bits per heavy atom. The van der Waals surface area contributed by atoms with Gasteiger partial charge in [-0.3, -0.25) is 4.98 Å². The summed E-state index contributed by atoms with van der Waals surface area (Å²) in [6.07, 6.45) is 9.23. The van der Waals surface area contributed by atoms with Gasteiger partial charge in [-0.2, -0.15) is 0 Å². The molecule has 3 nitrogen and oxygen atoms in total. The highest BCUT2D eigenvalue weighted by Crippen LogP contribution is 2.23. The predicted octanol–water partition coefficient (Wildman–Crippen LogP) is 2.68. The first-order valence-corrected chi connectivity index (χ1v) is 7.55. The molecule has 106 valence electrons. The van der Waals surface area contributed by atoms with Gasteiger partial charge in [-0.1, -0.05) is 6.92 Å². The average Bonchev–Trinajstić information content (AvgIpc) is 2.42. The third kappa shape index (κ3) is 5.29. The molecule has 0 spiro atoms. The van der Waals surface area contributed by atoms with E-state index in [0.717, 1.165) is 31.6 Å². The predicted molar refractivity (Wildman–Crippen MR) is 80.0 cm³/mol. The maximum Gasteiger partial charge on any atom is 0.0271 e. The highest BCUT2D eigenvalue weighted by molar-refractivity contribution is 5.09. The Bertz CT molecular complexity index is 344. The Kier molecular flexibility index (Phi) is 5.80. The first-order chi connectivity index (χ1) is 9.24. The highest BCUT2D eigenvalue weighted by atomic mass is 15.1. The van der Waals surface area contributed by atoms with Gasteiger partial charge >= 0.3 is 0 Å². The summed E-state index contributed by atoms with van der Waals surface area (Å²) in [4.78, 5) is 6.42. The number of pyridine rings is 1. The van der Waals surface area contributed by atoms with Gasteiger partial charge in [-0.15, -0.1) is 0 Å². The first kappa shape index (κ1) is 14.5. The first-order valence-electron chi connectivity index (χ1n) is 7.55. The minimum Gasteiger partial charge on any atom is -0.313 e. The van der Waals surface area contributed by atoms with Crippen molar-refractivity contribution < 1.29 is 0 Å². The molecule has 0 radical (unpaired) electrons. The molecule has 1 fully saturated rings. The molecule has 1 saturated carbocycles. The molecule has 1 aromatic rings. The minimum atomic E-state index is 0.755. The van der Waals surface area contributed by atoms with Crippen molar-refractivity contribution in [3.8, 4) is 0 Å². The van der Waals surface area contributed by atoms with Crippen LogP contribution in [-0.2, 0) is 6.54 Å². The molecule has 1 aliphatic rings. The summed E-state index contributed by atoms with van der Waals surface area (Å²) < 4.78 is 0. The van der Waals surface area contributed by atoms with E-state index in [1.807, 2.05) is 12.4 Å². The van der Waals surface area contributed by atoms with Gasteiger partial charge in [0.15, 0.2) is 0 Å². The largest absolute Gasteiger partial charge is 0.313 e. The number of hydrogen-bond acceptors (Lipinski definition) is 3. The highest BCUT2D eigenvalue weighted by Gasteiger charge is 2.17. The van der Waals surface area contributed by atoms with E-state index in [1.165, 1.54) is 31.2 Å². The molecule has 0 unspecified atom stereocenters. The summed E-state index contributed by atoms with van der Waals surface area (Å²) in [6.45, 7) is 5.58. The van der Waals surface area contributed by atoms with E-state index in [0.29, 0.717) is 0 Å². The summed E-state index contributed by atoms with van der Waals surface area (Å²) in [6, 6.07) is 4.93. The molecule has 0 aromatic carbocycles. The van der Waals surface area contributed by atoms with Crippen LogP contribution in [0.2, 0.25) is 0 Å². The van der Waals surface area contributed by atoms with E-state index >= 15 is 0 Å². The van der Waals surface area contributed by atoms with Crippen molar-refractivity contribution in [2.75, 3.05) is 20.1 Å². The van der Waals surface area contributed by atoms with Gasteiger partial charge < -0.3 is 10.2 Å². The van der Waals surface area contributed by atoms with E-state index in [9.17, 15) is 0 Å². The quantitative estimate of drug-likeness (QED) is 0.853. The number of nitrogens with one attached hydrogen (secondary N) is 1. The van der Waals surface area contributed by atoms with Crippen LogP contribution in [0.4, 0.5) is 0 Å². The van der Waals surface area contributed by atoms with Crippen molar-refractivity contribution in [3.05, 3.63) is 30.1 Å². The molecule has 0 aliphatic heterocycles. The lowest BCUT2D eigenvalue weighted by molar-refractivity contribution is 0.279. The monoisotopic (exact) mass is 261 g/mol. The number of aromatic nitrogens is 1. The Morgan fingerprint density at radius 3 is 2.58 bits per heavy atom. The van der Waals surface area contributed by atoms with E-state index in [4.69, 9.17) is 0 Å². The van der Waals surface area contributed by atoms with Gasteiger partial charge in [0.25, 0.3) is 0 Å². The van der Waals surface area contributed by atoms with Crippen LogP contribution in [0.5, 0.6) is 0 Å². The van der Waals surface area contributed by atoms with Crippen molar-refractivity contribution in [3.63, 3.8) is 0 Å². The summed E-state index contributed by atoms with van der Waals surface area (Å²) in [5, 5.41) is 3.70. The van der Waals surface area contributed by atoms with Crippen molar-refractivity contribution in [1.82, 2.24) is 15.2 Å². The Hall–Kier alpha value is -0.930. The van der Waals surface area contributed by atoms with Crippen LogP contribution in [0.1, 0.15) is 38.2 Å². The van der Waals surface area contributed by atoms with Crippen molar-refractivity contribution >= 4 is 0 Å². The molecule has 0 saturated heterocycles. The molecule has 1 aliphatic carbocycles. The van der Waals surface area contributed by atoms with Crippen LogP contribution in [0, 0.1) is 5.92 Å². The Morgan fingerprint density at radius 2 is 1.89 bits per heavy atom. The summed E-state index contributed by atoms with van der Waals surface area (Å²) >= 11 is 0. The molecule has 1 heterocycles. The van der Waals surface area contributed by atoms with E-state index in [1.54, 1.807) is 0 Å². The SMILES string of the molecule is CC1CCC(NCCN(C)Cc2ccncc2)CC1. The smallest absolute Gasteiger partial charge is 0.0271 e. The molecular formula is C16H27N3. The topological polar surface area (TPSA) is 28.2 Å². The van der Waals surface area contributed by atoms with Gasteiger partial charge in [-0.25, -0.2) is 0 Å². The second kappa shape index (κ2) is 7.61. The van der Waals surface area contributed by atoms with Crippen LogP contribution in [0.15, 0.2) is 24.5 Å². The fraction of sp³-hybridized carbons (Fsp3) is 0.688. The lowest BCUT2D eigenvalue weighted by Crippen LogP contribution is -2.37. The molecule has 0 atom stereocenters. The van der Waals surface area contributed by atoms with Crippen molar-refractivity contribution in [2.24, 2.45) is 5.92 Å². The van der Waals surface area contributed by atoms with Gasteiger partial charge in [0.1, 0.15) is 0 Å². The number of hydrogen-bond donors (Lipinski definition) is 1. The fourth-order valence-corrected chi connectivity index (χ4v) is 2.80. The Labute approximate surface area is 117 Å². The molecule has 2 rings (SSSR count). The molecule has 1 N–H and O–H groups in total. The normalized spacial score (nSPS) is 23.7. The van der Waals surface area contributed by atoms with Crippen LogP contribution in [-0.4, -0.2) is 36.1 Å². The fourth-order valence-electron chi connectivity index (χ4n) is 2.80. The third-order valence-electron chi connectivity index (χ3n) is 4.14. The zero-order valence-corrected chi connectivity index (χ0v) is 12.3. The number of nitrogens with zero attached hydrogens (tertiary/aromatic N) is 2. The van der Waals surface area contributed by atoms with Crippen molar-refractivity contribution in [1.29, 1.82) is 0 Å². The molecule has 0 amide bonds. The summed E-state index contributed by atoms with van der Waals surface area (Å²) in [5.74, 6) is 0.937. The van der Waals surface area contributed by atoms with Crippen LogP contribution in [0.25, 0.3) is 0 Å². The maximum atomic E-state index is 4.05. The van der Waals surface area contributed by atoms with E-state index in [2.05, 4.69) is 41.3 Å². The Balaban J connectivity index is 1.60.